The van der Waals surface area contributed by atoms with Gasteiger partial charge in [-0.25, -0.2) is 0 Å². The van der Waals surface area contributed by atoms with Gasteiger partial charge in [0, 0.05) is 9.13 Å². The molecular formula is C10H5F6IO. The standard InChI is InChI=1S/C10H5F6IO/c1-4(18)6-2-5(9(11,12)13)3-7(8(6)17)10(14,15)16/h2-3H,1H3. The molecule has 0 unspecified atom stereocenters. The maximum atomic E-state index is 12.6. The third kappa shape index (κ3) is 3.15. The number of ketones is 1. The quantitative estimate of drug-likeness (QED) is 0.396. The Kier molecular flexibility index (Phi) is 3.99. The van der Waals surface area contributed by atoms with Crippen LogP contribution in [0.5, 0.6) is 0 Å². The van der Waals surface area contributed by atoms with Crippen molar-refractivity contribution in [3.63, 3.8) is 0 Å². The zero-order valence-corrected chi connectivity index (χ0v) is 10.9. The minimum atomic E-state index is -4.94. The van der Waals surface area contributed by atoms with Crippen LogP contribution in [0.2, 0.25) is 0 Å². The monoisotopic (exact) mass is 382 g/mol. The van der Waals surface area contributed by atoms with Gasteiger partial charge in [0.05, 0.1) is 11.1 Å². The van der Waals surface area contributed by atoms with Crippen molar-refractivity contribution in [2.45, 2.75) is 19.3 Å². The lowest BCUT2D eigenvalue weighted by atomic mass is 10.0. The van der Waals surface area contributed by atoms with E-state index >= 15 is 0 Å². The Hall–Kier alpha value is -0.800. The van der Waals surface area contributed by atoms with Crippen molar-refractivity contribution < 1.29 is 31.1 Å². The first-order valence-electron chi connectivity index (χ1n) is 4.43. The van der Waals surface area contributed by atoms with Crippen LogP contribution < -0.4 is 0 Å². The first kappa shape index (κ1) is 15.3. The molecule has 100 valence electrons. The number of halogens is 7. The topological polar surface area (TPSA) is 17.1 Å². The van der Waals surface area contributed by atoms with E-state index < -0.39 is 38.4 Å². The molecule has 0 spiro atoms. The third-order valence-corrected chi connectivity index (χ3v) is 3.25. The molecule has 1 aromatic rings. The van der Waals surface area contributed by atoms with Crippen molar-refractivity contribution in [3.8, 4) is 0 Å². The number of alkyl halides is 6. The molecule has 0 saturated carbocycles. The van der Waals surface area contributed by atoms with Crippen molar-refractivity contribution in [2.75, 3.05) is 0 Å². The zero-order valence-electron chi connectivity index (χ0n) is 8.71. The largest absolute Gasteiger partial charge is 0.417 e. The Morgan fingerprint density at radius 1 is 1.06 bits per heavy atom. The van der Waals surface area contributed by atoms with Crippen LogP contribution in [0.15, 0.2) is 12.1 Å². The van der Waals surface area contributed by atoms with Crippen LogP contribution in [-0.2, 0) is 12.4 Å². The average molecular weight is 382 g/mol. The van der Waals surface area contributed by atoms with Crippen LogP contribution >= 0.6 is 22.6 Å². The van der Waals surface area contributed by atoms with Crippen LogP contribution in [0.4, 0.5) is 26.3 Å². The van der Waals surface area contributed by atoms with E-state index in [0.29, 0.717) is 6.07 Å². The van der Waals surface area contributed by atoms with Crippen LogP contribution in [0.3, 0.4) is 0 Å². The molecule has 1 aromatic carbocycles. The summed E-state index contributed by atoms with van der Waals surface area (Å²) in [7, 11) is 0. The van der Waals surface area contributed by atoms with Gasteiger partial charge in [0.25, 0.3) is 0 Å². The first-order valence-corrected chi connectivity index (χ1v) is 5.51. The second kappa shape index (κ2) is 4.71. The maximum absolute atomic E-state index is 12.6. The smallest absolute Gasteiger partial charge is 0.294 e. The number of rotatable bonds is 1. The molecule has 0 atom stereocenters. The number of hydrogen-bond donors (Lipinski definition) is 0. The minimum Gasteiger partial charge on any atom is -0.294 e. The molecule has 0 N–H and O–H groups in total. The molecule has 1 rings (SSSR count). The third-order valence-electron chi connectivity index (χ3n) is 2.08. The van der Waals surface area contributed by atoms with E-state index in [9.17, 15) is 31.1 Å². The van der Waals surface area contributed by atoms with Crippen molar-refractivity contribution in [2.24, 2.45) is 0 Å². The van der Waals surface area contributed by atoms with Gasteiger partial charge in [-0.2, -0.15) is 26.3 Å². The Bertz CT molecular complexity index is 488. The fourth-order valence-electron chi connectivity index (χ4n) is 1.25. The van der Waals surface area contributed by atoms with Gasteiger partial charge in [0.15, 0.2) is 5.78 Å². The summed E-state index contributed by atoms with van der Waals surface area (Å²) in [4.78, 5) is 11.1. The summed E-state index contributed by atoms with van der Waals surface area (Å²) < 4.78 is 74.6. The molecular weight excluding hydrogens is 377 g/mol. The van der Waals surface area contributed by atoms with Crippen molar-refractivity contribution in [1.82, 2.24) is 0 Å². The van der Waals surface area contributed by atoms with Crippen LogP contribution in [0, 0.1) is 3.57 Å². The van der Waals surface area contributed by atoms with E-state index in [0.717, 1.165) is 6.92 Å². The van der Waals surface area contributed by atoms with Gasteiger partial charge >= 0.3 is 12.4 Å². The van der Waals surface area contributed by atoms with E-state index in [2.05, 4.69) is 0 Å². The Labute approximate surface area is 111 Å². The lowest BCUT2D eigenvalue weighted by Crippen LogP contribution is -2.15. The Morgan fingerprint density at radius 2 is 1.56 bits per heavy atom. The normalized spacial score (nSPS) is 12.7. The second-order valence-corrected chi connectivity index (χ2v) is 4.52. The van der Waals surface area contributed by atoms with Crippen molar-refractivity contribution in [3.05, 3.63) is 32.4 Å². The summed E-state index contributed by atoms with van der Waals surface area (Å²) in [6.45, 7) is 0.914. The van der Waals surface area contributed by atoms with Gasteiger partial charge < -0.3 is 0 Å². The summed E-state index contributed by atoms with van der Waals surface area (Å²) in [5.74, 6) is -0.851. The van der Waals surface area contributed by atoms with E-state index in [1.807, 2.05) is 0 Å². The summed E-state index contributed by atoms with van der Waals surface area (Å²) in [5, 5.41) is 0. The molecule has 18 heavy (non-hydrogen) atoms. The van der Waals surface area contributed by atoms with Gasteiger partial charge in [-0.3, -0.25) is 4.79 Å². The van der Waals surface area contributed by atoms with Crippen LogP contribution in [-0.4, -0.2) is 5.78 Å². The molecule has 0 amide bonds. The van der Waals surface area contributed by atoms with Crippen molar-refractivity contribution in [1.29, 1.82) is 0 Å². The van der Waals surface area contributed by atoms with Gasteiger partial charge in [-0.1, -0.05) is 0 Å². The molecule has 1 nitrogen and oxygen atoms in total. The van der Waals surface area contributed by atoms with Crippen LogP contribution in [0.1, 0.15) is 28.4 Å². The molecule has 0 aliphatic carbocycles. The summed E-state index contributed by atoms with van der Waals surface area (Å²) in [6, 6.07) is 0.438. The predicted octanol–water partition coefficient (Wildman–Crippen LogP) is 4.53. The molecule has 0 radical (unpaired) electrons. The molecule has 0 heterocycles. The number of carbonyl (C=O) groups is 1. The number of hydrogen-bond acceptors (Lipinski definition) is 1. The minimum absolute atomic E-state index is 0.00815. The van der Waals surface area contributed by atoms with E-state index in [1.54, 1.807) is 0 Å². The Morgan fingerprint density at radius 3 is 1.89 bits per heavy atom. The van der Waals surface area contributed by atoms with E-state index in [4.69, 9.17) is 0 Å². The highest BCUT2D eigenvalue weighted by Crippen LogP contribution is 2.39. The number of Topliss-reactive ketones (excluding diaryl/α,β-unsaturated/α-hetero) is 1. The molecule has 8 heteroatoms. The van der Waals surface area contributed by atoms with Gasteiger partial charge in [-0.05, 0) is 41.6 Å². The molecule has 0 fully saturated rings. The highest BCUT2D eigenvalue weighted by Gasteiger charge is 2.39. The van der Waals surface area contributed by atoms with Crippen molar-refractivity contribution >= 4 is 28.4 Å². The van der Waals surface area contributed by atoms with Gasteiger partial charge in [0.2, 0.25) is 0 Å². The number of carbonyl (C=O) groups excluding carboxylic acids is 1. The second-order valence-electron chi connectivity index (χ2n) is 3.44. The lowest BCUT2D eigenvalue weighted by Gasteiger charge is -2.15. The molecule has 0 saturated heterocycles. The molecule has 0 bridgehead atoms. The molecule has 0 aliphatic heterocycles. The summed E-state index contributed by atoms with van der Waals surface area (Å²) in [5.41, 5.74) is -3.53. The lowest BCUT2D eigenvalue weighted by molar-refractivity contribution is -0.143. The zero-order chi connectivity index (χ0) is 14.3. The molecule has 0 aromatic heterocycles. The average Bonchev–Trinajstić information content (AvgIpc) is 2.13. The van der Waals surface area contributed by atoms with Gasteiger partial charge in [0.1, 0.15) is 0 Å². The summed E-state index contributed by atoms with van der Waals surface area (Å²) >= 11 is 1.22. The van der Waals surface area contributed by atoms with E-state index in [1.165, 1.54) is 22.6 Å². The van der Waals surface area contributed by atoms with E-state index in [-0.39, 0.29) is 6.07 Å². The van der Waals surface area contributed by atoms with Crippen LogP contribution in [0.25, 0.3) is 0 Å². The van der Waals surface area contributed by atoms with Gasteiger partial charge in [-0.15, -0.1) is 0 Å². The summed E-state index contributed by atoms with van der Waals surface area (Å²) in [6.07, 6.45) is -9.88. The first-order chi connectivity index (χ1) is 7.94. The molecule has 0 aliphatic rings. The highest BCUT2D eigenvalue weighted by molar-refractivity contribution is 14.1. The fourth-order valence-corrected chi connectivity index (χ4v) is 2.25. The Balaban J connectivity index is 3.63. The SMILES string of the molecule is CC(=O)c1cc(C(F)(F)F)cc(C(F)(F)F)c1I. The predicted molar refractivity (Wildman–Crippen MR) is 59.2 cm³/mol. The highest BCUT2D eigenvalue weighted by atomic mass is 127. The number of benzene rings is 1. The fraction of sp³-hybridized carbons (Fsp3) is 0.300. The maximum Gasteiger partial charge on any atom is 0.417 e.